The van der Waals surface area contributed by atoms with E-state index in [-0.39, 0.29) is 17.7 Å². The molecule has 2 N–H and O–H groups in total. The van der Waals surface area contributed by atoms with Crippen molar-refractivity contribution in [2.24, 2.45) is 0 Å². The van der Waals surface area contributed by atoms with Crippen molar-refractivity contribution in [1.82, 2.24) is 10.6 Å². The molecule has 1 rings (SSSR count). The van der Waals surface area contributed by atoms with E-state index in [1.165, 1.54) is 12.3 Å². The lowest BCUT2D eigenvalue weighted by molar-refractivity contribution is -0.105. The van der Waals surface area contributed by atoms with E-state index in [2.05, 4.69) is 17.2 Å². The van der Waals surface area contributed by atoms with Crippen LogP contribution in [-0.4, -0.2) is 19.2 Å². The number of carbonyl (C=O) groups is 2. The van der Waals surface area contributed by atoms with E-state index < -0.39 is 23.1 Å². The van der Waals surface area contributed by atoms with Gasteiger partial charge in [0.2, 0.25) is 0 Å². The summed E-state index contributed by atoms with van der Waals surface area (Å²) in [7, 11) is 1.58. The maximum Gasteiger partial charge on any atom is 0.261 e. The van der Waals surface area contributed by atoms with Crippen LogP contribution in [0.5, 0.6) is 0 Å². The summed E-state index contributed by atoms with van der Waals surface area (Å²) in [6.07, 6.45) is 2.01. The van der Waals surface area contributed by atoms with Gasteiger partial charge in [-0.25, -0.2) is 8.78 Å². The Morgan fingerprint density at radius 3 is 2.45 bits per heavy atom. The fraction of sp³-hybridized carbons (Fsp3) is 0.143. The predicted octanol–water partition coefficient (Wildman–Crippen LogP) is 1.90. The summed E-state index contributed by atoms with van der Waals surface area (Å²) in [5, 5.41) is 5.00. The first-order valence-electron chi connectivity index (χ1n) is 5.74. The average molecular weight is 280 g/mol. The zero-order chi connectivity index (χ0) is 15.1. The molecular formula is C14H14F2N2O2. The van der Waals surface area contributed by atoms with Crippen LogP contribution < -0.4 is 10.6 Å². The number of carbonyl (C=O) groups excluding carboxylic acids is 2. The zero-order valence-electron chi connectivity index (χ0n) is 10.9. The predicted molar refractivity (Wildman–Crippen MR) is 70.8 cm³/mol. The number of aldehydes is 1. The molecule has 0 spiro atoms. The third-order valence-corrected chi connectivity index (χ3v) is 2.37. The summed E-state index contributed by atoms with van der Waals surface area (Å²) in [5.41, 5.74) is -0.177. The van der Waals surface area contributed by atoms with Crippen LogP contribution in [0.1, 0.15) is 16.8 Å². The molecule has 0 aliphatic carbocycles. The van der Waals surface area contributed by atoms with Crippen molar-refractivity contribution in [1.29, 1.82) is 0 Å². The molecule has 0 aromatic heterocycles. The molecule has 20 heavy (non-hydrogen) atoms. The number of halogens is 2. The Kier molecular flexibility index (Phi) is 5.58. The molecule has 0 saturated carbocycles. The largest absolute Gasteiger partial charge is 0.393 e. The SMILES string of the molecule is C=C(C=O)C/C(=C\NC)NC(=O)c1c(F)cccc1F. The highest BCUT2D eigenvalue weighted by atomic mass is 19.1. The molecule has 0 bridgehead atoms. The van der Waals surface area contributed by atoms with Crippen LogP contribution >= 0.6 is 0 Å². The van der Waals surface area contributed by atoms with Crippen molar-refractivity contribution in [2.45, 2.75) is 6.42 Å². The van der Waals surface area contributed by atoms with Gasteiger partial charge in [-0.2, -0.15) is 0 Å². The maximum absolute atomic E-state index is 13.5. The van der Waals surface area contributed by atoms with E-state index >= 15 is 0 Å². The Morgan fingerprint density at radius 2 is 1.95 bits per heavy atom. The minimum absolute atomic E-state index is 0.0617. The second-order valence-electron chi connectivity index (χ2n) is 3.96. The molecule has 0 saturated heterocycles. The average Bonchev–Trinajstić information content (AvgIpc) is 2.38. The molecule has 0 aliphatic rings. The summed E-state index contributed by atoms with van der Waals surface area (Å²) in [4.78, 5) is 22.4. The van der Waals surface area contributed by atoms with Crippen LogP contribution in [0, 0.1) is 11.6 Å². The van der Waals surface area contributed by atoms with Gasteiger partial charge >= 0.3 is 0 Å². The molecule has 0 unspecified atom stereocenters. The lowest BCUT2D eigenvalue weighted by Gasteiger charge is -2.10. The van der Waals surface area contributed by atoms with Crippen molar-refractivity contribution in [3.05, 3.63) is 59.4 Å². The van der Waals surface area contributed by atoms with Gasteiger partial charge in [-0.3, -0.25) is 9.59 Å². The second kappa shape index (κ2) is 7.18. The van der Waals surface area contributed by atoms with E-state index in [4.69, 9.17) is 0 Å². The molecule has 0 heterocycles. The molecule has 1 aromatic rings. The number of nitrogens with one attached hydrogen (secondary N) is 2. The lowest BCUT2D eigenvalue weighted by Crippen LogP contribution is -2.26. The van der Waals surface area contributed by atoms with Crippen LogP contribution in [0.4, 0.5) is 8.78 Å². The number of benzene rings is 1. The van der Waals surface area contributed by atoms with Gasteiger partial charge in [0.05, 0.1) is 0 Å². The van der Waals surface area contributed by atoms with Crippen molar-refractivity contribution < 1.29 is 18.4 Å². The van der Waals surface area contributed by atoms with Crippen molar-refractivity contribution in [3.63, 3.8) is 0 Å². The monoisotopic (exact) mass is 280 g/mol. The molecule has 106 valence electrons. The Labute approximate surface area is 115 Å². The molecular weight excluding hydrogens is 266 g/mol. The van der Waals surface area contributed by atoms with Gasteiger partial charge in [0, 0.05) is 25.4 Å². The van der Waals surface area contributed by atoms with Gasteiger partial charge in [-0.05, 0) is 17.7 Å². The van der Waals surface area contributed by atoms with Crippen LogP contribution in [0.15, 0.2) is 42.2 Å². The smallest absolute Gasteiger partial charge is 0.261 e. The lowest BCUT2D eigenvalue weighted by atomic mass is 10.1. The minimum Gasteiger partial charge on any atom is -0.393 e. The maximum atomic E-state index is 13.5. The standard InChI is InChI=1S/C14H14F2N2O2/c1-9(8-19)6-10(7-17-2)18-14(20)13-11(15)4-3-5-12(13)16/h3-5,7-8,17H,1,6H2,2H3,(H,18,20)/b10-7+. The van der Waals surface area contributed by atoms with Crippen molar-refractivity contribution in [2.75, 3.05) is 7.05 Å². The fourth-order valence-electron chi connectivity index (χ4n) is 1.51. The van der Waals surface area contributed by atoms with E-state index in [0.717, 1.165) is 12.1 Å². The highest BCUT2D eigenvalue weighted by Crippen LogP contribution is 2.13. The topological polar surface area (TPSA) is 58.2 Å². The number of allylic oxidation sites excluding steroid dienone is 1. The first-order chi connectivity index (χ1) is 9.49. The zero-order valence-corrected chi connectivity index (χ0v) is 10.9. The van der Waals surface area contributed by atoms with Crippen LogP contribution in [0.3, 0.4) is 0 Å². The number of amides is 1. The minimum atomic E-state index is -0.958. The normalized spacial score (nSPS) is 10.8. The Bertz CT molecular complexity index is 548. The quantitative estimate of drug-likeness (QED) is 0.618. The molecule has 0 aliphatic heterocycles. The molecule has 0 atom stereocenters. The van der Waals surface area contributed by atoms with E-state index in [9.17, 15) is 18.4 Å². The van der Waals surface area contributed by atoms with E-state index in [0.29, 0.717) is 6.29 Å². The van der Waals surface area contributed by atoms with E-state index in [1.54, 1.807) is 7.05 Å². The summed E-state index contributed by atoms with van der Waals surface area (Å²) in [6.45, 7) is 3.47. The summed E-state index contributed by atoms with van der Waals surface area (Å²) >= 11 is 0. The van der Waals surface area contributed by atoms with Gasteiger partial charge in [0.15, 0.2) is 0 Å². The van der Waals surface area contributed by atoms with Gasteiger partial charge in [0.1, 0.15) is 23.5 Å². The van der Waals surface area contributed by atoms with Crippen molar-refractivity contribution in [3.8, 4) is 0 Å². The van der Waals surface area contributed by atoms with E-state index in [1.807, 2.05) is 0 Å². The summed E-state index contributed by atoms with van der Waals surface area (Å²) < 4.78 is 26.9. The summed E-state index contributed by atoms with van der Waals surface area (Å²) in [6, 6.07) is 3.15. The number of hydrogen-bond acceptors (Lipinski definition) is 3. The van der Waals surface area contributed by atoms with Gasteiger partial charge in [0.25, 0.3) is 5.91 Å². The van der Waals surface area contributed by atoms with Crippen LogP contribution in [-0.2, 0) is 4.79 Å². The third-order valence-electron chi connectivity index (χ3n) is 2.37. The Morgan fingerprint density at radius 1 is 1.35 bits per heavy atom. The molecule has 1 amide bonds. The summed E-state index contributed by atoms with van der Waals surface area (Å²) in [5.74, 6) is -2.85. The van der Waals surface area contributed by atoms with Crippen LogP contribution in [0.2, 0.25) is 0 Å². The molecule has 6 heteroatoms. The van der Waals surface area contributed by atoms with Gasteiger partial charge < -0.3 is 10.6 Å². The third kappa shape index (κ3) is 4.01. The molecule has 1 aromatic carbocycles. The van der Waals surface area contributed by atoms with Gasteiger partial charge in [-0.1, -0.05) is 12.6 Å². The first-order valence-corrected chi connectivity index (χ1v) is 5.74. The molecule has 4 nitrogen and oxygen atoms in total. The second-order valence-corrected chi connectivity index (χ2v) is 3.96. The highest BCUT2D eigenvalue weighted by Gasteiger charge is 2.18. The Balaban J connectivity index is 2.94. The fourth-order valence-corrected chi connectivity index (χ4v) is 1.51. The Hall–Kier alpha value is -2.50. The number of hydrogen-bond donors (Lipinski definition) is 2. The highest BCUT2D eigenvalue weighted by molar-refractivity contribution is 5.96. The van der Waals surface area contributed by atoms with Gasteiger partial charge in [-0.15, -0.1) is 0 Å². The van der Waals surface area contributed by atoms with Crippen molar-refractivity contribution >= 4 is 12.2 Å². The van der Waals surface area contributed by atoms with Crippen LogP contribution in [0.25, 0.3) is 0 Å². The number of rotatable bonds is 6. The molecule has 0 fully saturated rings. The molecule has 0 radical (unpaired) electrons. The first kappa shape index (κ1) is 15.6.